The minimum atomic E-state index is -1.28. The molecule has 0 saturated carbocycles. The van der Waals surface area contributed by atoms with Crippen molar-refractivity contribution in [3.63, 3.8) is 0 Å². The van der Waals surface area contributed by atoms with Crippen molar-refractivity contribution in [3.05, 3.63) is 47.2 Å². The van der Waals surface area contributed by atoms with Crippen LogP contribution in [0, 0.1) is 12.3 Å². The Bertz CT molecular complexity index is 1380. The zero-order chi connectivity index (χ0) is 26.7. The van der Waals surface area contributed by atoms with Gasteiger partial charge in [0.1, 0.15) is 17.1 Å². The molecule has 6 N–H and O–H groups in total. The lowest BCUT2D eigenvalue weighted by atomic mass is 10.0. The van der Waals surface area contributed by atoms with E-state index in [4.69, 9.17) is 22.7 Å². The number of rotatable bonds is 9. The molecule has 0 aromatic carbocycles. The summed E-state index contributed by atoms with van der Waals surface area (Å²) in [7, 11) is 0. The van der Waals surface area contributed by atoms with E-state index in [1.807, 2.05) is 0 Å². The van der Waals surface area contributed by atoms with Crippen LogP contribution in [0.5, 0.6) is 0 Å². The molecule has 0 bridgehead atoms. The topological polar surface area (TPSA) is 207 Å². The molecule has 0 aliphatic carbocycles. The number of anilines is 1. The quantitative estimate of drug-likeness (QED) is 0.0704. The van der Waals surface area contributed by atoms with Gasteiger partial charge in [-0.25, -0.2) is 9.36 Å². The predicted octanol–water partition coefficient (Wildman–Crippen LogP) is -1.70. The van der Waals surface area contributed by atoms with E-state index in [9.17, 15) is 24.3 Å². The maximum atomic E-state index is 13.0. The molecular formula is C21H19N8O6S2+. The Morgan fingerprint density at radius 1 is 1.38 bits per heavy atom. The van der Waals surface area contributed by atoms with E-state index < -0.39 is 35.1 Å². The number of nitrogens with two attached hydrogens (primary N) is 2. The maximum absolute atomic E-state index is 13.0. The first-order valence-electron chi connectivity index (χ1n) is 10.4. The van der Waals surface area contributed by atoms with Crippen molar-refractivity contribution in [2.45, 2.75) is 18.0 Å². The number of hydrogen-bond donors (Lipinski definition) is 4. The Labute approximate surface area is 217 Å². The number of aliphatic carboxylic acids is 1. The largest absolute Gasteiger partial charge is 0.477 e. The fourth-order valence-corrected chi connectivity index (χ4v) is 5.38. The molecule has 190 valence electrons. The van der Waals surface area contributed by atoms with Gasteiger partial charge in [0.25, 0.3) is 11.8 Å². The van der Waals surface area contributed by atoms with Crippen molar-refractivity contribution < 1.29 is 33.7 Å². The summed E-state index contributed by atoms with van der Waals surface area (Å²) in [5.74, 6) is -0.911. The summed E-state index contributed by atoms with van der Waals surface area (Å²) in [4.78, 5) is 59.2. The van der Waals surface area contributed by atoms with Crippen LogP contribution in [0.3, 0.4) is 0 Å². The zero-order valence-corrected chi connectivity index (χ0v) is 20.5. The number of nitrogens with zero attached hydrogens (tertiary/aromatic N) is 5. The number of hydrogen-bond acceptors (Lipinski definition) is 11. The molecule has 2 aliphatic rings. The molecule has 1 fully saturated rings. The summed E-state index contributed by atoms with van der Waals surface area (Å²) in [6, 6.07) is 2.00. The van der Waals surface area contributed by atoms with Crippen LogP contribution in [0.4, 0.5) is 5.13 Å². The molecular weight excluding hydrogens is 524 g/mol. The highest BCUT2D eigenvalue weighted by molar-refractivity contribution is 8.00. The number of aromatic nitrogens is 3. The highest BCUT2D eigenvalue weighted by Crippen LogP contribution is 2.40. The number of fused-ring (bicyclic) bond motifs is 1. The third-order valence-electron chi connectivity index (χ3n) is 5.26. The first kappa shape index (κ1) is 25.6. The molecule has 4 heterocycles. The molecule has 0 radical (unpaired) electrons. The molecule has 2 aromatic rings. The van der Waals surface area contributed by atoms with Gasteiger partial charge < -0.3 is 26.7 Å². The predicted molar refractivity (Wildman–Crippen MR) is 130 cm³/mol. The second-order valence-corrected chi connectivity index (χ2v) is 9.50. The molecule has 2 atom stereocenters. The first-order chi connectivity index (χ1) is 17.7. The SMILES string of the molecule is C#CCO/N=C(/C(=O)NC1C(=O)N2C(C(=O)O)=C(C[n+]3ccc(C(N)=O)cc3)CS[C@H]12)c1nsc(N)n1. The van der Waals surface area contributed by atoms with Gasteiger partial charge in [0.2, 0.25) is 17.4 Å². The first-order valence-corrected chi connectivity index (χ1v) is 12.3. The average Bonchev–Trinajstić information content (AvgIpc) is 3.30. The number of pyridine rings is 1. The lowest BCUT2D eigenvalue weighted by Crippen LogP contribution is -2.71. The van der Waals surface area contributed by atoms with Crippen LogP contribution >= 0.6 is 23.3 Å². The Balaban J connectivity index is 1.52. The van der Waals surface area contributed by atoms with Gasteiger partial charge in [-0.1, -0.05) is 11.1 Å². The smallest absolute Gasteiger partial charge is 0.352 e. The molecule has 2 aliphatic heterocycles. The zero-order valence-electron chi connectivity index (χ0n) is 18.9. The van der Waals surface area contributed by atoms with E-state index in [1.165, 1.54) is 23.9 Å². The number of nitrogen functional groups attached to an aromatic ring is 1. The maximum Gasteiger partial charge on any atom is 0.352 e. The van der Waals surface area contributed by atoms with Gasteiger partial charge in [0, 0.05) is 35.0 Å². The summed E-state index contributed by atoms with van der Waals surface area (Å²) < 4.78 is 5.60. The van der Waals surface area contributed by atoms with Gasteiger partial charge in [-0.05, 0) is 0 Å². The van der Waals surface area contributed by atoms with Crippen LogP contribution < -0.4 is 21.4 Å². The Morgan fingerprint density at radius 3 is 2.70 bits per heavy atom. The van der Waals surface area contributed by atoms with Gasteiger partial charge in [-0.2, -0.15) is 9.36 Å². The number of β-lactam (4-membered cyclic amide) rings is 1. The number of thioether (sulfide) groups is 1. The molecule has 2 aromatic heterocycles. The number of carboxylic acids is 1. The average molecular weight is 544 g/mol. The molecule has 0 spiro atoms. The number of amides is 3. The summed E-state index contributed by atoms with van der Waals surface area (Å²) >= 11 is 2.13. The molecule has 3 amide bonds. The standard InChI is InChI=1S/C21H18N8O6S2/c1-2-7-35-26-12(16-25-21(23)37-27-16)17(31)24-13-18(32)29-14(20(33)34)11(9-36-19(13)29)8-28-5-3-10(4-6-28)15(22)30/h1,3-6,13,19H,7-9H2,(H5-,22,23,24,25,27,30,31,33,34)/p+1/b26-12+/t13?,19-/m1/s1. The number of carbonyl (C=O) groups excluding carboxylic acids is 3. The van der Waals surface area contributed by atoms with Crippen molar-refractivity contribution in [1.29, 1.82) is 0 Å². The molecule has 16 heteroatoms. The van der Waals surface area contributed by atoms with Crippen molar-refractivity contribution >= 4 is 57.8 Å². The Morgan fingerprint density at radius 2 is 2.11 bits per heavy atom. The molecule has 1 unspecified atom stereocenters. The van der Waals surface area contributed by atoms with Crippen molar-refractivity contribution in [2.24, 2.45) is 10.9 Å². The van der Waals surface area contributed by atoms with Crippen LogP contribution in [0.1, 0.15) is 16.2 Å². The summed E-state index contributed by atoms with van der Waals surface area (Å²) in [5, 5.41) is 15.5. The number of carbonyl (C=O) groups is 4. The summed E-state index contributed by atoms with van der Waals surface area (Å²) in [5.41, 5.74) is 11.1. The van der Waals surface area contributed by atoms with Crippen LogP contribution in [-0.4, -0.2) is 72.5 Å². The van der Waals surface area contributed by atoms with Gasteiger partial charge in [0.05, 0.1) is 5.56 Å². The Kier molecular flexibility index (Phi) is 7.36. The van der Waals surface area contributed by atoms with E-state index in [0.717, 1.165) is 16.4 Å². The normalized spacial score (nSPS) is 18.9. The highest BCUT2D eigenvalue weighted by atomic mass is 32.2. The third-order valence-corrected chi connectivity index (χ3v) is 7.14. The number of nitrogens with one attached hydrogen (secondary N) is 1. The number of oxime groups is 1. The second-order valence-electron chi connectivity index (χ2n) is 7.62. The van der Waals surface area contributed by atoms with Crippen molar-refractivity contribution in [3.8, 4) is 12.3 Å². The van der Waals surface area contributed by atoms with E-state index >= 15 is 0 Å². The van der Waals surface area contributed by atoms with Gasteiger partial charge in [-0.3, -0.25) is 19.3 Å². The second kappa shape index (κ2) is 10.6. The van der Waals surface area contributed by atoms with Crippen LogP contribution in [0.15, 0.2) is 41.0 Å². The minimum Gasteiger partial charge on any atom is -0.477 e. The fraction of sp³-hybridized carbons (Fsp3) is 0.238. The van der Waals surface area contributed by atoms with Crippen molar-refractivity contribution in [2.75, 3.05) is 18.1 Å². The number of primary amides is 1. The summed E-state index contributed by atoms with van der Waals surface area (Å²) in [6.07, 6.45) is 8.31. The van der Waals surface area contributed by atoms with Crippen molar-refractivity contribution in [1.82, 2.24) is 19.6 Å². The van der Waals surface area contributed by atoms with E-state index in [1.54, 1.807) is 17.0 Å². The van der Waals surface area contributed by atoms with Gasteiger partial charge >= 0.3 is 5.97 Å². The Hall–Kier alpha value is -4.49. The molecule has 1 saturated heterocycles. The summed E-state index contributed by atoms with van der Waals surface area (Å²) in [6.45, 7) is -0.0503. The monoisotopic (exact) mass is 543 g/mol. The van der Waals surface area contributed by atoms with E-state index in [2.05, 4.69) is 25.8 Å². The number of terminal acetylenes is 1. The van der Waals surface area contributed by atoms with Crippen LogP contribution in [0.25, 0.3) is 0 Å². The molecule has 4 rings (SSSR count). The minimum absolute atomic E-state index is 0.0899. The van der Waals surface area contributed by atoms with Gasteiger partial charge in [-0.15, -0.1) is 18.2 Å². The van der Waals surface area contributed by atoms with Crippen LogP contribution in [-0.2, 0) is 25.8 Å². The van der Waals surface area contributed by atoms with Crippen LogP contribution in [0.2, 0.25) is 0 Å². The highest BCUT2D eigenvalue weighted by Gasteiger charge is 2.54. The molecule has 37 heavy (non-hydrogen) atoms. The van der Waals surface area contributed by atoms with E-state index in [0.29, 0.717) is 11.1 Å². The third kappa shape index (κ3) is 5.22. The fourth-order valence-electron chi connectivity index (χ4n) is 3.61. The number of carboxylic acid groups (broad SMARTS) is 1. The van der Waals surface area contributed by atoms with Gasteiger partial charge in [0.15, 0.2) is 30.7 Å². The van der Waals surface area contributed by atoms with E-state index in [-0.39, 0.29) is 41.3 Å². The molecule has 14 nitrogen and oxygen atoms in total. The lowest BCUT2D eigenvalue weighted by molar-refractivity contribution is -0.689. The lowest BCUT2D eigenvalue weighted by Gasteiger charge is -2.49.